The normalized spacial score (nSPS) is 10.4. The van der Waals surface area contributed by atoms with Crippen LogP contribution in [-0.4, -0.2) is 34.5 Å². The molecule has 0 spiro atoms. The average Bonchev–Trinajstić information content (AvgIpc) is 2.66. The van der Waals surface area contributed by atoms with Crippen LogP contribution in [-0.2, 0) is 19.1 Å². The predicted molar refractivity (Wildman–Crippen MR) is 60.7 cm³/mol. The van der Waals surface area contributed by atoms with Gasteiger partial charge in [-0.1, -0.05) is 0 Å². The second kappa shape index (κ2) is 6.29. The van der Waals surface area contributed by atoms with Crippen LogP contribution in [0.1, 0.15) is 30.6 Å². The van der Waals surface area contributed by atoms with Gasteiger partial charge in [-0.15, -0.1) is 0 Å². The summed E-state index contributed by atoms with van der Waals surface area (Å²) in [6, 6.07) is 0. The fourth-order valence-corrected chi connectivity index (χ4v) is 1.92. The zero-order chi connectivity index (χ0) is 12.8. The van der Waals surface area contributed by atoms with Crippen molar-refractivity contribution in [2.45, 2.75) is 26.7 Å². The molecule has 0 bridgehead atoms. The van der Waals surface area contributed by atoms with Crippen LogP contribution in [0, 0.1) is 6.92 Å². The van der Waals surface area contributed by atoms with Gasteiger partial charge in [-0.3, -0.25) is 9.59 Å². The third-order valence-electron chi connectivity index (χ3n) is 1.83. The molecule has 7 heteroatoms. The molecule has 1 aromatic heterocycles. The highest BCUT2D eigenvalue weighted by Gasteiger charge is 2.34. The number of carbonyl (C=O) groups is 2. The molecule has 0 atom stereocenters. The van der Waals surface area contributed by atoms with Crippen LogP contribution in [0.2, 0.25) is 0 Å². The number of rotatable bonds is 5. The Morgan fingerprint density at radius 2 is 1.76 bits per heavy atom. The molecule has 0 amide bonds. The Balaban J connectivity index is 2.93. The third kappa shape index (κ3) is 3.48. The van der Waals surface area contributed by atoms with Crippen LogP contribution in [0.4, 0.5) is 0 Å². The first-order valence-corrected chi connectivity index (χ1v) is 6.01. The summed E-state index contributed by atoms with van der Waals surface area (Å²) in [5.74, 6) is -1.91. The van der Waals surface area contributed by atoms with Gasteiger partial charge in [0.2, 0.25) is 5.92 Å². The summed E-state index contributed by atoms with van der Waals surface area (Å²) in [7, 11) is 0. The molecule has 0 saturated heterocycles. The predicted octanol–water partition coefficient (Wildman–Crippen LogP) is 1.06. The van der Waals surface area contributed by atoms with Gasteiger partial charge in [-0.2, -0.15) is 4.37 Å². The first-order valence-electron chi connectivity index (χ1n) is 5.23. The van der Waals surface area contributed by atoms with Crippen molar-refractivity contribution in [1.29, 1.82) is 0 Å². The van der Waals surface area contributed by atoms with E-state index in [0.29, 0.717) is 10.8 Å². The Labute approximate surface area is 103 Å². The molecule has 0 fully saturated rings. The van der Waals surface area contributed by atoms with Gasteiger partial charge in [-0.05, 0) is 32.3 Å². The Kier molecular flexibility index (Phi) is 5.02. The van der Waals surface area contributed by atoms with E-state index in [2.05, 4.69) is 9.36 Å². The molecule has 0 N–H and O–H groups in total. The summed E-state index contributed by atoms with van der Waals surface area (Å²) in [4.78, 5) is 27.4. The molecule has 94 valence electrons. The number of hydrogen-bond acceptors (Lipinski definition) is 7. The maximum Gasteiger partial charge on any atom is 0.327 e. The highest BCUT2D eigenvalue weighted by Crippen LogP contribution is 2.21. The Bertz CT molecular complexity index is 387. The standard InChI is InChI=1S/C10H14N2O4S/c1-4-15-9(13)7(10(14)16-5-2)8-11-6(3)12-17-8/h7H,4-5H2,1-3H3. The second-order valence-electron chi connectivity index (χ2n) is 3.12. The minimum atomic E-state index is -1.12. The van der Waals surface area contributed by atoms with E-state index in [-0.39, 0.29) is 13.2 Å². The topological polar surface area (TPSA) is 78.4 Å². The van der Waals surface area contributed by atoms with Crippen LogP contribution in [0.25, 0.3) is 0 Å². The number of nitrogens with zero attached hydrogens (tertiary/aromatic N) is 2. The molecule has 0 unspecified atom stereocenters. The number of hydrogen-bond donors (Lipinski definition) is 0. The molecule has 1 heterocycles. The fraction of sp³-hybridized carbons (Fsp3) is 0.600. The number of esters is 2. The maximum atomic E-state index is 11.7. The SMILES string of the molecule is CCOC(=O)C(C(=O)OCC)c1nc(C)ns1. The van der Waals surface area contributed by atoms with Gasteiger partial charge < -0.3 is 9.47 Å². The highest BCUT2D eigenvalue weighted by molar-refractivity contribution is 7.05. The average molecular weight is 258 g/mol. The van der Waals surface area contributed by atoms with Crippen molar-refractivity contribution in [3.8, 4) is 0 Å². The lowest BCUT2D eigenvalue weighted by Gasteiger charge is -2.11. The smallest absolute Gasteiger partial charge is 0.327 e. The molecular formula is C10H14N2O4S. The van der Waals surface area contributed by atoms with Crippen LogP contribution >= 0.6 is 11.5 Å². The zero-order valence-electron chi connectivity index (χ0n) is 9.93. The van der Waals surface area contributed by atoms with Gasteiger partial charge in [0.25, 0.3) is 0 Å². The summed E-state index contributed by atoms with van der Waals surface area (Å²) in [5, 5.41) is 0.305. The number of aromatic nitrogens is 2. The molecule has 0 aliphatic heterocycles. The van der Waals surface area contributed by atoms with E-state index < -0.39 is 17.9 Å². The Morgan fingerprint density at radius 3 is 2.12 bits per heavy atom. The van der Waals surface area contributed by atoms with E-state index in [1.807, 2.05) is 0 Å². The lowest BCUT2D eigenvalue weighted by atomic mass is 10.1. The molecule has 0 radical (unpaired) electrons. The van der Waals surface area contributed by atoms with Gasteiger partial charge >= 0.3 is 11.9 Å². The van der Waals surface area contributed by atoms with Crippen LogP contribution in [0.15, 0.2) is 0 Å². The van der Waals surface area contributed by atoms with Gasteiger partial charge in [0.15, 0.2) is 0 Å². The molecular weight excluding hydrogens is 244 g/mol. The molecule has 1 rings (SSSR count). The number of ether oxygens (including phenoxy) is 2. The first-order chi connectivity index (χ1) is 8.10. The minimum absolute atomic E-state index is 0.201. The van der Waals surface area contributed by atoms with Crippen LogP contribution in [0.3, 0.4) is 0 Å². The molecule has 0 aliphatic carbocycles. The number of aryl methyl sites for hydroxylation is 1. The van der Waals surface area contributed by atoms with Gasteiger partial charge in [0.05, 0.1) is 13.2 Å². The molecule has 1 aromatic rings. The highest BCUT2D eigenvalue weighted by atomic mass is 32.1. The molecule has 0 aromatic carbocycles. The van der Waals surface area contributed by atoms with Crippen molar-refractivity contribution in [2.75, 3.05) is 13.2 Å². The van der Waals surface area contributed by atoms with E-state index >= 15 is 0 Å². The van der Waals surface area contributed by atoms with Gasteiger partial charge in [0.1, 0.15) is 10.8 Å². The van der Waals surface area contributed by atoms with E-state index in [0.717, 1.165) is 11.5 Å². The zero-order valence-corrected chi connectivity index (χ0v) is 10.7. The molecule has 0 saturated carbocycles. The minimum Gasteiger partial charge on any atom is -0.465 e. The van der Waals surface area contributed by atoms with Crippen LogP contribution in [0.5, 0.6) is 0 Å². The Hall–Kier alpha value is -1.50. The lowest BCUT2D eigenvalue weighted by Crippen LogP contribution is -2.26. The fourth-order valence-electron chi connectivity index (χ4n) is 1.18. The van der Waals surface area contributed by atoms with Crippen molar-refractivity contribution in [3.63, 3.8) is 0 Å². The molecule has 0 aliphatic rings. The summed E-state index contributed by atoms with van der Waals surface area (Å²) in [6.45, 7) is 5.43. The second-order valence-corrected chi connectivity index (χ2v) is 3.90. The van der Waals surface area contributed by atoms with Crippen molar-refractivity contribution in [1.82, 2.24) is 9.36 Å². The van der Waals surface area contributed by atoms with Crippen molar-refractivity contribution in [2.24, 2.45) is 0 Å². The molecule has 17 heavy (non-hydrogen) atoms. The van der Waals surface area contributed by atoms with Crippen LogP contribution < -0.4 is 0 Å². The van der Waals surface area contributed by atoms with Crippen molar-refractivity contribution in [3.05, 3.63) is 10.8 Å². The van der Waals surface area contributed by atoms with Gasteiger partial charge in [-0.25, -0.2) is 4.98 Å². The monoisotopic (exact) mass is 258 g/mol. The van der Waals surface area contributed by atoms with Crippen molar-refractivity contribution >= 4 is 23.5 Å². The summed E-state index contributed by atoms with van der Waals surface area (Å²) >= 11 is 1.00. The van der Waals surface area contributed by atoms with Gasteiger partial charge in [0, 0.05) is 0 Å². The summed E-state index contributed by atoms with van der Waals surface area (Å²) in [6.07, 6.45) is 0. The van der Waals surface area contributed by atoms with E-state index in [1.54, 1.807) is 20.8 Å². The number of carbonyl (C=O) groups excluding carboxylic acids is 2. The van der Waals surface area contributed by atoms with Crippen molar-refractivity contribution < 1.29 is 19.1 Å². The maximum absolute atomic E-state index is 11.7. The van der Waals surface area contributed by atoms with E-state index in [1.165, 1.54) is 0 Å². The Morgan fingerprint density at radius 1 is 1.24 bits per heavy atom. The summed E-state index contributed by atoms with van der Waals surface area (Å²) in [5.41, 5.74) is 0. The van der Waals surface area contributed by atoms with E-state index in [9.17, 15) is 9.59 Å². The molecule has 6 nitrogen and oxygen atoms in total. The third-order valence-corrected chi connectivity index (χ3v) is 2.70. The first kappa shape index (κ1) is 13.6. The lowest BCUT2D eigenvalue weighted by molar-refractivity contribution is -0.156. The summed E-state index contributed by atoms with van der Waals surface area (Å²) < 4.78 is 13.6. The largest absolute Gasteiger partial charge is 0.465 e. The quantitative estimate of drug-likeness (QED) is 0.580. The van der Waals surface area contributed by atoms with E-state index in [4.69, 9.17) is 9.47 Å².